The number of carbonyl (C=O) groups is 1. The molecule has 3 aromatic rings. The van der Waals surface area contributed by atoms with E-state index >= 15 is 0 Å². The van der Waals surface area contributed by atoms with Crippen molar-refractivity contribution in [1.82, 2.24) is 0 Å². The Morgan fingerprint density at radius 1 is 1.00 bits per heavy atom. The summed E-state index contributed by atoms with van der Waals surface area (Å²) >= 11 is 0. The van der Waals surface area contributed by atoms with E-state index in [0.717, 1.165) is 11.1 Å². The van der Waals surface area contributed by atoms with Gasteiger partial charge in [-0.05, 0) is 38.5 Å². The van der Waals surface area contributed by atoms with E-state index in [1.807, 2.05) is 32.0 Å². The molecule has 3 rings (SSSR count). The molecule has 0 unspecified atom stereocenters. The predicted molar refractivity (Wildman–Crippen MR) is 86.6 cm³/mol. The van der Waals surface area contributed by atoms with E-state index in [-0.39, 0.29) is 16.8 Å². The van der Waals surface area contributed by atoms with Gasteiger partial charge in [0.2, 0.25) is 11.2 Å². The molecule has 2 aromatic carbocycles. The minimum absolute atomic E-state index is 0.118. The standard InChI is InChI=1S/C19H16O3/c1-11-8-9-16-15(10-11)19(21)17(13(3)22-16)18(20)14-7-5-4-6-12(14)2/h4-10H,1-3H3. The molecule has 0 radical (unpaired) electrons. The highest BCUT2D eigenvalue weighted by molar-refractivity contribution is 6.11. The average molecular weight is 292 g/mol. The van der Waals surface area contributed by atoms with E-state index < -0.39 is 0 Å². The fourth-order valence-electron chi connectivity index (χ4n) is 2.65. The second kappa shape index (κ2) is 5.26. The van der Waals surface area contributed by atoms with Crippen molar-refractivity contribution in [3.05, 3.63) is 80.7 Å². The molecule has 0 saturated heterocycles. The summed E-state index contributed by atoms with van der Waals surface area (Å²) in [5, 5.41) is 0.447. The van der Waals surface area contributed by atoms with Gasteiger partial charge in [0, 0.05) is 5.56 Å². The third-order valence-corrected chi connectivity index (χ3v) is 3.84. The molecule has 1 heterocycles. The monoisotopic (exact) mass is 292 g/mol. The summed E-state index contributed by atoms with van der Waals surface area (Å²) in [6, 6.07) is 12.7. The van der Waals surface area contributed by atoms with Gasteiger partial charge in [-0.1, -0.05) is 35.9 Å². The molecule has 1 aromatic heterocycles. The fraction of sp³-hybridized carbons (Fsp3) is 0.158. The lowest BCUT2D eigenvalue weighted by molar-refractivity contribution is 0.103. The van der Waals surface area contributed by atoms with Crippen molar-refractivity contribution < 1.29 is 9.21 Å². The SMILES string of the molecule is Cc1ccc2oc(C)c(C(=O)c3ccccc3C)c(=O)c2c1. The summed E-state index contributed by atoms with van der Waals surface area (Å²) in [5.74, 6) is 0.0716. The Balaban J connectivity index is 2.29. The van der Waals surface area contributed by atoms with Gasteiger partial charge in [0.25, 0.3) is 0 Å². The normalized spacial score (nSPS) is 10.9. The molecule has 0 aliphatic carbocycles. The van der Waals surface area contributed by atoms with Crippen LogP contribution in [-0.2, 0) is 0 Å². The van der Waals surface area contributed by atoms with Crippen LogP contribution in [0, 0.1) is 20.8 Å². The van der Waals surface area contributed by atoms with Crippen LogP contribution in [0.3, 0.4) is 0 Å². The van der Waals surface area contributed by atoms with E-state index in [2.05, 4.69) is 0 Å². The van der Waals surface area contributed by atoms with Crippen molar-refractivity contribution in [3.8, 4) is 0 Å². The maximum atomic E-state index is 12.8. The zero-order chi connectivity index (χ0) is 15.9. The molecule has 0 amide bonds. The Kier molecular flexibility index (Phi) is 3.41. The van der Waals surface area contributed by atoms with Crippen LogP contribution in [0.1, 0.15) is 32.8 Å². The Morgan fingerprint density at radius 3 is 2.45 bits per heavy atom. The zero-order valence-corrected chi connectivity index (χ0v) is 12.8. The first kappa shape index (κ1) is 14.3. The molecule has 3 heteroatoms. The number of carbonyl (C=O) groups excluding carboxylic acids is 1. The summed E-state index contributed by atoms with van der Waals surface area (Å²) in [6.45, 7) is 5.42. The topological polar surface area (TPSA) is 47.3 Å². The number of fused-ring (bicyclic) bond motifs is 1. The fourth-order valence-corrected chi connectivity index (χ4v) is 2.65. The van der Waals surface area contributed by atoms with Crippen molar-refractivity contribution in [1.29, 1.82) is 0 Å². The molecule has 0 spiro atoms. The van der Waals surface area contributed by atoms with Crippen LogP contribution in [0.2, 0.25) is 0 Å². The van der Waals surface area contributed by atoms with Gasteiger partial charge in [0.05, 0.1) is 5.39 Å². The van der Waals surface area contributed by atoms with E-state index in [1.165, 1.54) is 0 Å². The van der Waals surface area contributed by atoms with Gasteiger partial charge in [-0.25, -0.2) is 0 Å². The minimum atomic E-state index is -0.284. The van der Waals surface area contributed by atoms with E-state index in [4.69, 9.17) is 4.42 Å². The zero-order valence-electron chi connectivity index (χ0n) is 12.8. The molecule has 3 nitrogen and oxygen atoms in total. The molecule has 22 heavy (non-hydrogen) atoms. The molecule has 0 atom stereocenters. The lowest BCUT2D eigenvalue weighted by Crippen LogP contribution is -2.18. The second-order valence-corrected chi connectivity index (χ2v) is 5.51. The third kappa shape index (κ3) is 2.25. The van der Waals surface area contributed by atoms with Gasteiger partial charge in [-0.3, -0.25) is 9.59 Å². The number of hydrogen-bond donors (Lipinski definition) is 0. The maximum absolute atomic E-state index is 12.8. The predicted octanol–water partition coefficient (Wildman–Crippen LogP) is 3.95. The maximum Gasteiger partial charge on any atom is 0.204 e. The van der Waals surface area contributed by atoms with Gasteiger partial charge in [-0.15, -0.1) is 0 Å². The average Bonchev–Trinajstić information content (AvgIpc) is 2.48. The quantitative estimate of drug-likeness (QED) is 0.672. The second-order valence-electron chi connectivity index (χ2n) is 5.51. The molecule has 0 aliphatic heterocycles. The summed E-state index contributed by atoms with van der Waals surface area (Å²) in [5.41, 5.74) is 2.69. The Bertz CT molecular complexity index is 949. The number of hydrogen-bond acceptors (Lipinski definition) is 3. The van der Waals surface area contributed by atoms with Crippen molar-refractivity contribution in [2.75, 3.05) is 0 Å². The van der Waals surface area contributed by atoms with Crippen LogP contribution in [0.4, 0.5) is 0 Å². The highest BCUT2D eigenvalue weighted by atomic mass is 16.3. The summed E-state index contributed by atoms with van der Waals surface area (Å²) in [4.78, 5) is 25.5. The molecule has 0 saturated carbocycles. The number of rotatable bonds is 2. The Hall–Kier alpha value is -2.68. The van der Waals surface area contributed by atoms with Crippen LogP contribution in [0.5, 0.6) is 0 Å². The van der Waals surface area contributed by atoms with Gasteiger partial charge in [-0.2, -0.15) is 0 Å². The van der Waals surface area contributed by atoms with Crippen molar-refractivity contribution in [3.63, 3.8) is 0 Å². The molecular weight excluding hydrogens is 276 g/mol. The highest BCUT2D eigenvalue weighted by Crippen LogP contribution is 2.20. The molecule has 0 aliphatic rings. The Labute approximate surface area is 128 Å². The Morgan fingerprint density at radius 2 is 1.73 bits per heavy atom. The molecule has 0 fully saturated rings. The number of aryl methyl sites for hydroxylation is 3. The van der Waals surface area contributed by atoms with Crippen molar-refractivity contribution in [2.24, 2.45) is 0 Å². The van der Waals surface area contributed by atoms with Gasteiger partial charge < -0.3 is 4.42 Å². The van der Waals surface area contributed by atoms with E-state index in [1.54, 1.807) is 31.2 Å². The van der Waals surface area contributed by atoms with Crippen LogP contribution >= 0.6 is 0 Å². The van der Waals surface area contributed by atoms with E-state index in [9.17, 15) is 9.59 Å². The van der Waals surface area contributed by atoms with Crippen LogP contribution in [0.25, 0.3) is 11.0 Å². The van der Waals surface area contributed by atoms with Crippen LogP contribution in [-0.4, -0.2) is 5.78 Å². The molecule has 0 bridgehead atoms. The smallest absolute Gasteiger partial charge is 0.204 e. The van der Waals surface area contributed by atoms with Gasteiger partial charge in [0.15, 0.2) is 0 Å². The summed E-state index contributed by atoms with van der Waals surface area (Å²) < 4.78 is 5.69. The van der Waals surface area contributed by atoms with Crippen molar-refractivity contribution >= 4 is 16.8 Å². The third-order valence-electron chi connectivity index (χ3n) is 3.84. The largest absolute Gasteiger partial charge is 0.460 e. The minimum Gasteiger partial charge on any atom is -0.460 e. The molecule has 110 valence electrons. The number of benzene rings is 2. The lowest BCUT2D eigenvalue weighted by atomic mass is 9.97. The summed E-state index contributed by atoms with van der Waals surface area (Å²) in [7, 11) is 0. The first-order valence-corrected chi connectivity index (χ1v) is 7.13. The lowest BCUT2D eigenvalue weighted by Gasteiger charge is -2.08. The van der Waals surface area contributed by atoms with E-state index in [0.29, 0.717) is 22.3 Å². The van der Waals surface area contributed by atoms with Gasteiger partial charge in [0.1, 0.15) is 16.9 Å². The first-order valence-electron chi connectivity index (χ1n) is 7.13. The molecular formula is C19H16O3. The van der Waals surface area contributed by atoms with Crippen LogP contribution < -0.4 is 5.43 Å². The summed E-state index contributed by atoms with van der Waals surface area (Å²) in [6.07, 6.45) is 0. The highest BCUT2D eigenvalue weighted by Gasteiger charge is 2.21. The number of ketones is 1. The first-order chi connectivity index (χ1) is 10.5. The van der Waals surface area contributed by atoms with Gasteiger partial charge >= 0.3 is 0 Å². The van der Waals surface area contributed by atoms with Crippen LogP contribution in [0.15, 0.2) is 51.7 Å². The molecule has 0 N–H and O–H groups in total. The van der Waals surface area contributed by atoms with Crippen molar-refractivity contribution in [2.45, 2.75) is 20.8 Å².